The predicted octanol–water partition coefficient (Wildman–Crippen LogP) is 3.62. The number of benzene rings is 1. The average molecular weight is 678 g/mol. The van der Waals surface area contributed by atoms with Gasteiger partial charge in [0.2, 0.25) is 10.0 Å². The number of halogens is 4. The van der Waals surface area contributed by atoms with Gasteiger partial charge in [-0.1, -0.05) is 6.07 Å². The summed E-state index contributed by atoms with van der Waals surface area (Å²) >= 11 is 1.07. The van der Waals surface area contributed by atoms with E-state index >= 15 is 0 Å². The third-order valence-electron chi connectivity index (χ3n) is 9.03. The van der Waals surface area contributed by atoms with Gasteiger partial charge in [0.15, 0.2) is 0 Å². The Balaban J connectivity index is 1.41. The van der Waals surface area contributed by atoms with Crippen LogP contribution in [0.3, 0.4) is 0 Å². The molecule has 9 nitrogen and oxygen atoms in total. The minimum atomic E-state index is -4.58. The van der Waals surface area contributed by atoms with Crippen molar-refractivity contribution in [3.8, 4) is 11.3 Å². The Bertz CT molecular complexity index is 1440. The van der Waals surface area contributed by atoms with Crippen LogP contribution in [-0.2, 0) is 35.7 Å². The molecule has 3 aliphatic heterocycles. The fourth-order valence-corrected chi connectivity index (χ4v) is 8.32. The minimum Gasteiger partial charge on any atom is -0.390 e. The summed E-state index contributed by atoms with van der Waals surface area (Å²) in [5.74, 6) is 0.353. The van der Waals surface area contributed by atoms with Crippen LogP contribution in [0.2, 0.25) is 0 Å². The first-order chi connectivity index (χ1) is 21.1. The Morgan fingerprint density at radius 3 is 2.53 bits per heavy atom. The molecule has 2 N–H and O–H groups in total. The van der Waals surface area contributed by atoms with Gasteiger partial charge in [0, 0.05) is 79.7 Å². The van der Waals surface area contributed by atoms with E-state index in [1.54, 1.807) is 11.6 Å². The average Bonchev–Trinajstić information content (AvgIpc) is 3.30. The number of alkyl halides is 4. The normalized spacial score (nSPS) is 22.8. The quantitative estimate of drug-likeness (QED) is 0.291. The van der Waals surface area contributed by atoms with Crippen molar-refractivity contribution in [3.05, 3.63) is 35.0 Å². The number of sulfonamides is 1. The lowest BCUT2D eigenvalue weighted by Gasteiger charge is -2.36. The molecular formula is C30H43F4N5O4S2. The van der Waals surface area contributed by atoms with Gasteiger partial charge in [-0.2, -0.15) is 22.6 Å². The van der Waals surface area contributed by atoms with Gasteiger partial charge in [0.25, 0.3) is 0 Å². The Morgan fingerprint density at radius 2 is 1.87 bits per heavy atom. The second-order valence-electron chi connectivity index (χ2n) is 12.9. The zero-order valence-electron chi connectivity index (χ0n) is 25.8. The molecule has 2 atom stereocenters. The van der Waals surface area contributed by atoms with Crippen molar-refractivity contribution in [2.24, 2.45) is 0 Å². The summed E-state index contributed by atoms with van der Waals surface area (Å²) < 4.78 is 83.9. The molecule has 1 aromatic carbocycles. The molecule has 2 unspecified atom stereocenters. The highest BCUT2D eigenvalue weighted by Crippen LogP contribution is 2.40. The van der Waals surface area contributed by atoms with Crippen LogP contribution in [0.25, 0.3) is 11.3 Å². The number of nitrogens with zero attached hydrogens (tertiary/aromatic N) is 5. The summed E-state index contributed by atoms with van der Waals surface area (Å²) in [7, 11) is -3.54. The highest BCUT2D eigenvalue weighted by atomic mass is 32.2. The first kappa shape index (κ1) is 34.6. The van der Waals surface area contributed by atoms with Gasteiger partial charge in [-0.3, -0.25) is 9.58 Å². The Labute approximate surface area is 266 Å². The molecule has 0 spiro atoms. The number of hydrogen-bond donors (Lipinski definition) is 2. The van der Waals surface area contributed by atoms with Crippen LogP contribution in [0.1, 0.15) is 49.4 Å². The monoisotopic (exact) mass is 677 g/mol. The molecule has 0 saturated carbocycles. The van der Waals surface area contributed by atoms with E-state index in [1.165, 1.54) is 16.4 Å². The molecule has 252 valence electrons. The molecule has 0 radical (unpaired) electrons. The second kappa shape index (κ2) is 13.8. The molecule has 1 aromatic heterocycles. The van der Waals surface area contributed by atoms with Crippen molar-refractivity contribution in [3.63, 3.8) is 0 Å². The molecule has 5 rings (SSSR count). The molecule has 0 bridgehead atoms. The van der Waals surface area contributed by atoms with Crippen LogP contribution in [0, 0.1) is 0 Å². The third kappa shape index (κ3) is 8.79. The standard InChI is InChI=1S/C30H43F4N5O4S2/c1-29(41)8-12-37(13-9-29)18-23(40)19-39-26-7-11-38(45(2,42)43)20-24(26)28(35-39)21-5-6-25(30(32,33)34)27(16-21)44-15-14-36-10-3-4-22(31)17-36/h5-6,16,22-23,40-41H,3-4,7-15,17-20H2,1-2H3. The molecule has 0 amide bonds. The summed E-state index contributed by atoms with van der Waals surface area (Å²) in [5, 5.41) is 26.0. The summed E-state index contributed by atoms with van der Waals surface area (Å²) in [6, 6.07) is 3.87. The molecule has 2 saturated heterocycles. The van der Waals surface area contributed by atoms with E-state index in [2.05, 4.69) is 4.90 Å². The van der Waals surface area contributed by atoms with Crippen LogP contribution in [0.5, 0.6) is 0 Å². The maximum Gasteiger partial charge on any atom is 0.417 e. The zero-order chi connectivity index (χ0) is 32.6. The van der Waals surface area contributed by atoms with Crippen molar-refractivity contribution in [2.45, 2.75) is 81.1 Å². The lowest BCUT2D eigenvalue weighted by molar-refractivity contribution is -0.139. The number of rotatable bonds is 10. The van der Waals surface area contributed by atoms with Crippen LogP contribution >= 0.6 is 11.8 Å². The maximum absolute atomic E-state index is 14.0. The molecule has 3 aliphatic rings. The van der Waals surface area contributed by atoms with Crippen molar-refractivity contribution in [1.29, 1.82) is 0 Å². The van der Waals surface area contributed by atoms with Gasteiger partial charge >= 0.3 is 6.18 Å². The number of hydrogen-bond acceptors (Lipinski definition) is 8. The zero-order valence-corrected chi connectivity index (χ0v) is 27.4. The van der Waals surface area contributed by atoms with Gasteiger partial charge in [-0.25, -0.2) is 12.8 Å². The van der Waals surface area contributed by atoms with Gasteiger partial charge in [0.05, 0.1) is 35.8 Å². The number of aromatic nitrogens is 2. The molecule has 45 heavy (non-hydrogen) atoms. The predicted molar refractivity (Wildman–Crippen MR) is 165 cm³/mol. The molecule has 4 heterocycles. The molecule has 2 aromatic rings. The highest BCUT2D eigenvalue weighted by Gasteiger charge is 2.35. The van der Waals surface area contributed by atoms with Gasteiger partial charge in [-0.05, 0) is 51.3 Å². The van der Waals surface area contributed by atoms with Crippen LogP contribution in [-0.4, -0.2) is 118 Å². The molecule has 0 aliphatic carbocycles. The Kier molecular flexibility index (Phi) is 10.6. The van der Waals surface area contributed by atoms with Gasteiger partial charge < -0.3 is 15.1 Å². The topological polar surface area (TPSA) is 102 Å². The smallest absolute Gasteiger partial charge is 0.390 e. The molecule has 2 fully saturated rings. The van der Waals surface area contributed by atoms with Crippen molar-refractivity contribution in [2.75, 3.05) is 57.8 Å². The SMILES string of the molecule is CC1(O)CCN(CC(O)Cn2nc(-c3ccc(C(F)(F)F)c(SCCN4CCCC(F)C4)c3)c3c2CCN(S(C)(=O)=O)C3)CC1. The Hall–Kier alpha value is -1.75. The molecule has 15 heteroatoms. The van der Waals surface area contributed by atoms with E-state index in [0.29, 0.717) is 74.4 Å². The van der Waals surface area contributed by atoms with Crippen molar-refractivity contribution < 1.29 is 36.2 Å². The number of fused-ring (bicyclic) bond motifs is 1. The van der Waals surface area contributed by atoms with E-state index in [1.807, 2.05) is 4.90 Å². The lowest BCUT2D eigenvalue weighted by atomic mass is 9.94. The number of β-amino-alcohol motifs (C(OH)–C–C–N with tert-alkyl or cyclic N) is 1. The first-order valence-corrected chi connectivity index (χ1v) is 18.3. The number of aliphatic hydroxyl groups is 2. The van der Waals surface area contributed by atoms with Gasteiger partial charge in [0.1, 0.15) is 6.17 Å². The summed E-state index contributed by atoms with van der Waals surface area (Å²) in [4.78, 5) is 4.06. The largest absolute Gasteiger partial charge is 0.417 e. The van der Waals surface area contributed by atoms with E-state index in [9.17, 15) is 36.2 Å². The summed E-state index contributed by atoms with van der Waals surface area (Å²) in [6.07, 6.45) is -2.37. The summed E-state index contributed by atoms with van der Waals surface area (Å²) in [6.45, 7) is 5.35. The first-order valence-electron chi connectivity index (χ1n) is 15.5. The van der Waals surface area contributed by atoms with Crippen molar-refractivity contribution >= 4 is 21.8 Å². The maximum atomic E-state index is 14.0. The van der Waals surface area contributed by atoms with Gasteiger partial charge in [-0.15, -0.1) is 11.8 Å². The lowest BCUT2D eigenvalue weighted by Crippen LogP contribution is -2.45. The van der Waals surface area contributed by atoms with E-state index in [4.69, 9.17) is 5.10 Å². The van der Waals surface area contributed by atoms with Crippen LogP contribution in [0.4, 0.5) is 17.6 Å². The van der Waals surface area contributed by atoms with E-state index < -0.39 is 39.6 Å². The fraction of sp³-hybridized carbons (Fsp3) is 0.700. The second-order valence-corrected chi connectivity index (χ2v) is 16.0. The molecular weight excluding hydrogens is 634 g/mol. The number of thioether (sulfide) groups is 1. The number of aliphatic hydroxyl groups excluding tert-OH is 1. The van der Waals surface area contributed by atoms with Crippen LogP contribution < -0.4 is 0 Å². The van der Waals surface area contributed by atoms with Crippen LogP contribution in [0.15, 0.2) is 23.1 Å². The number of piperidine rings is 2. The van der Waals surface area contributed by atoms with E-state index in [-0.39, 0.29) is 31.1 Å². The van der Waals surface area contributed by atoms with E-state index in [0.717, 1.165) is 42.7 Å². The summed E-state index contributed by atoms with van der Waals surface area (Å²) in [5.41, 5.74) is 0.723. The fourth-order valence-electron chi connectivity index (χ4n) is 6.41. The van der Waals surface area contributed by atoms with Crippen molar-refractivity contribution in [1.82, 2.24) is 23.9 Å². The number of likely N-dealkylation sites (tertiary alicyclic amines) is 2. The third-order valence-corrected chi connectivity index (χ3v) is 11.3. The Morgan fingerprint density at radius 1 is 1.13 bits per heavy atom. The highest BCUT2D eigenvalue weighted by molar-refractivity contribution is 7.99. The minimum absolute atomic E-state index is 0.0314.